The Labute approximate surface area is 120 Å². The second-order valence-corrected chi connectivity index (χ2v) is 7.80. The zero-order chi connectivity index (χ0) is 15.3. The van der Waals surface area contributed by atoms with Gasteiger partial charge in [-0.15, -0.1) is 0 Å². The first-order valence-corrected chi connectivity index (χ1v) is 7.85. The summed E-state index contributed by atoms with van der Waals surface area (Å²) in [6, 6.07) is 0.302. The molecule has 2 nitrogen and oxygen atoms in total. The standard InChI is InChI=1S/C17H35NO/c1-9-11-13(15(19)16(3,4)5)14(12-10-2)18-17(6,7)8/h13-14,18H,9-12H2,1-8H3. The molecule has 0 aliphatic heterocycles. The molecule has 0 aromatic rings. The molecule has 0 spiro atoms. The summed E-state index contributed by atoms with van der Waals surface area (Å²) < 4.78 is 0. The largest absolute Gasteiger partial charge is 0.309 e. The molecule has 0 saturated heterocycles. The molecule has 2 atom stereocenters. The average Bonchev–Trinajstić information content (AvgIpc) is 2.21. The van der Waals surface area contributed by atoms with Crippen molar-refractivity contribution in [1.29, 1.82) is 0 Å². The molecule has 0 amide bonds. The number of hydrogen-bond donors (Lipinski definition) is 1. The van der Waals surface area contributed by atoms with Crippen molar-refractivity contribution in [1.82, 2.24) is 5.32 Å². The van der Waals surface area contributed by atoms with E-state index in [0.29, 0.717) is 11.8 Å². The summed E-state index contributed by atoms with van der Waals surface area (Å²) in [6.45, 7) is 17.0. The maximum Gasteiger partial charge on any atom is 0.142 e. The van der Waals surface area contributed by atoms with Crippen LogP contribution in [0.3, 0.4) is 0 Å². The van der Waals surface area contributed by atoms with Gasteiger partial charge < -0.3 is 5.32 Å². The number of ketones is 1. The van der Waals surface area contributed by atoms with Crippen molar-refractivity contribution >= 4 is 5.78 Å². The van der Waals surface area contributed by atoms with E-state index in [9.17, 15) is 4.79 Å². The molecular weight excluding hydrogens is 234 g/mol. The Hall–Kier alpha value is -0.370. The summed E-state index contributed by atoms with van der Waals surface area (Å²) in [5, 5.41) is 3.67. The first-order valence-electron chi connectivity index (χ1n) is 7.85. The van der Waals surface area contributed by atoms with Crippen LogP contribution in [0.5, 0.6) is 0 Å². The highest BCUT2D eigenvalue weighted by Crippen LogP contribution is 2.28. The molecule has 0 radical (unpaired) electrons. The SMILES string of the molecule is CCCC(NC(C)(C)C)C(CCC)C(=O)C(C)(C)C. The molecule has 0 aliphatic rings. The van der Waals surface area contributed by atoms with Crippen LogP contribution < -0.4 is 5.32 Å². The normalized spacial score (nSPS) is 16.2. The Bertz CT molecular complexity index is 270. The second kappa shape index (κ2) is 7.42. The van der Waals surface area contributed by atoms with Crippen LogP contribution >= 0.6 is 0 Å². The highest BCUT2D eigenvalue weighted by Gasteiger charge is 2.35. The Kier molecular flexibility index (Phi) is 7.28. The van der Waals surface area contributed by atoms with Crippen molar-refractivity contribution in [2.75, 3.05) is 0 Å². The van der Waals surface area contributed by atoms with E-state index in [2.05, 4.69) is 39.9 Å². The van der Waals surface area contributed by atoms with Crippen LogP contribution in [0.1, 0.15) is 81.1 Å². The smallest absolute Gasteiger partial charge is 0.142 e. The predicted molar refractivity (Wildman–Crippen MR) is 84.4 cm³/mol. The quantitative estimate of drug-likeness (QED) is 0.733. The van der Waals surface area contributed by atoms with Gasteiger partial charge in [-0.2, -0.15) is 0 Å². The van der Waals surface area contributed by atoms with Gasteiger partial charge in [0.1, 0.15) is 5.78 Å². The van der Waals surface area contributed by atoms with Crippen LogP contribution in [0, 0.1) is 11.3 Å². The van der Waals surface area contributed by atoms with E-state index in [1.54, 1.807) is 0 Å². The third kappa shape index (κ3) is 7.10. The summed E-state index contributed by atoms with van der Waals surface area (Å²) in [5.74, 6) is 0.550. The van der Waals surface area contributed by atoms with Crippen molar-refractivity contribution in [3.63, 3.8) is 0 Å². The van der Waals surface area contributed by atoms with Gasteiger partial charge in [0.15, 0.2) is 0 Å². The molecule has 0 rings (SSSR count). The Morgan fingerprint density at radius 2 is 1.42 bits per heavy atom. The molecule has 2 heteroatoms. The number of carbonyl (C=O) groups is 1. The number of Topliss-reactive ketones (excluding diaryl/α,β-unsaturated/α-hetero) is 1. The first-order chi connectivity index (χ1) is 8.53. The maximum atomic E-state index is 12.7. The van der Waals surface area contributed by atoms with Crippen molar-refractivity contribution in [3.05, 3.63) is 0 Å². The van der Waals surface area contributed by atoms with E-state index < -0.39 is 0 Å². The van der Waals surface area contributed by atoms with E-state index in [-0.39, 0.29) is 16.9 Å². The molecule has 2 unspecified atom stereocenters. The molecule has 0 aromatic carbocycles. The van der Waals surface area contributed by atoms with Gasteiger partial charge in [0.25, 0.3) is 0 Å². The summed E-state index contributed by atoms with van der Waals surface area (Å²) in [6.07, 6.45) is 4.25. The molecule has 0 heterocycles. The van der Waals surface area contributed by atoms with Gasteiger partial charge >= 0.3 is 0 Å². The lowest BCUT2D eigenvalue weighted by Crippen LogP contribution is -2.50. The zero-order valence-electron chi connectivity index (χ0n) is 14.4. The maximum absolute atomic E-state index is 12.7. The average molecular weight is 269 g/mol. The van der Waals surface area contributed by atoms with Crippen LogP contribution in [-0.4, -0.2) is 17.4 Å². The van der Waals surface area contributed by atoms with Gasteiger partial charge in [0, 0.05) is 22.9 Å². The van der Waals surface area contributed by atoms with Gasteiger partial charge in [-0.05, 0) is 33.6 Å². The lowest BCUT2D eigenvalue weighted by Gasteiger charge is -2.36. The minimum Gasteiger partial charge on any atom is -0.309 e. The molecule has 0 saturated carbocycles. The lowest BCUT2D eigenvalue weighted by molar-refractivity contribution is -0.131. The van der Waals surface area contributed by atoms with Crippen molar-refractivity contribution in [2.45, 2.75) is 92.7 Å². The number of nitrogens with one attached hydrogen (secondary N) is 1. The van der Waals surface area contributed by atoms with Gasteiger partial charge in [-0.1, -0.05) is 47.5 Å². The Morgan fingerprint density at radius 3 is 1.74 bits per heavy atom. The zero-order valence-corrected chi connectivity index (χ0v) is 14.4. The number of hydrogen-bond acceptors (Lipinski definition) is 2. The van der Waals surface area contributed by atoms with Gasteiger partial charge in [0.05, 0.1) is 0 Å². The highest BCUT2D eigenvalue weighted by atomic mass is 16.1. The first kappa shape index (κ1) is 18.6. The van der Waals surface area contributed by atoms with Crippen LogP contribution in [0.2, 0.25) is 0 Å². The van der Waals surface area contributed by atoms with Gasteiger partial charge in [-0.3, -0.25) is 4.79 Å². The van der Waals surface area contributed by atoms with E-state index in [1.807, 2.05) is 20.8 Å². The van der Waals surface area contributed by atoms with Gasteiger partial charge in [0.2, 0.25) is 0 Å². The third-order valence-corrected chi connectivity index (χ3v) is 3.38. The molecule has 0 aromatic heterocycles. The monoisotopic (exact) mass is 269 g/mol. The van der Waals surface area contributed by atoms with E-state index in [4.69, 9.17) is 0 Å². The molecule has 0 bridgehead atoms. The molecule has 1 N–H and O–H groups in total. The number of carbonyl (C=O) groups excluding carboxylic acids is 1. The van der Waals surface area contributed by atoms with Crippen LogP contribution in [0.4, 0.5) is 0 Å². The highest BCUT2D eigenvalue weighted by molar-refractivity contribution is 5.86. The van der Waals surface area contributed by atoms with Crippen molar-refractivity contribution in [2.24, 2.45) is 11.3 Å². The summed E-state index contributed by atoms with van der Waals surface area (Å²) in [5.41, 5.74) is -0.185. The van der Waals surface area contributed by atoms with Gasteiger partial charge in [-0.25, -0.2) is 0 Å². The fraction of sp³-hybridized carbons (Fsp3) is 0.941. The molecule has 19 heavy (non-hydrogen) atoms. The summed E-state index contributed by atoms with van der Waals surface area (Å²) >= 11 is 0. The molecular formula is C17H35NO. The Morgan fingerprint density at radius 1 is 0.947 bits per heavy atom. The molecule has 0 fully saturated rings. The molecule has 0 aliphatic carbocycles. The second-order valence-electron chi connectivity index (χ2n) is 7.80. The van der Waals surface area contributed by atoms with Crippen LogP contribution in [0.25, 0.3) is 0 Å². The third-order valence-electron chi connectivity index (χ3n) is 3.38. The molecule has 114 valence electrons. The van der Waals surface area contributed by atoms with Crippen molar-refractivity contribution < 1.29 is 4.79 Å². The summed E-state index contributed by atoms with van der Waals surface area (Å²) in [7, 11) is 0. The minimum atomic E-state index is -0.245. The topological polar surface area (TPSA) is 29.1 Å². The fourth-order valence-corrected chi connectivity index (χ4v) is 2.62. The lowest BCUT2D eigenvalue weighted by atomic mass is 9.76. The van der Waals surface area contributed by atoms with Crippen molar-refractivity contribution in [3.8, 4) is 0 Å². The van der Waals surface area contributed by atoms with Crippen LogP contribution in [-0.2, 0) is 4.79 Å². The number of rotatable bonds is 7. The van der Waals surface area contributed by atoms with E-state index in [0.717, 1.165) is 25.7 Å². The Balaban J connectivity index is 5.11. The van der Waals surface area contributed by atoms with E-state index in [1.165, 1.54) is 0 Å². The summed E-state index contributed by atoms with van der Waals surface area (Å²) in [4.78, 5) is 12.7. The minimum absolute atomic E-state index is 0.0595. The van der Waals surface area contributed by atoms with Crippen LogP contribution in [0.15, 0.2) is 0 Å². The van der Waals surface area contributed by atoms with E-state index >= 15 is 0 Å². The predicted octanol–water partition coefficient (Wildman–Crippen LogP) is 4.57. The fourth-order valence-electron chi connectivity index (χ4n) is 2.62.